The predicted molar refractivity (Wildman–Crippen MR) is 110 cm³/mol. The third-order valence-electron chi connectivity index (χ3n) is 4.54. The highest BCUT2D eigenvalue weighted by Crippen LogP contribution is 2.13. The maximum absolute atomic E-state index is 12.4. The smallest absolute Gasteiger partial charge is 0.273 e. The maximum Gasteiger partial charge on any atom is 0.273 e. The van der Waals surface area contributed by atoms with E-state index in [-0.39, 0.29) is 37.2 Å². The first-order chi connectivity index (χ1) is 15.1. The largest absolute Gasteiger partial charge is 0.497 e. The molecule has 9 heteroatoms. The van der Waals surface area contributed by atoms with E-state index in [4.69, 9.17) is 18.4 Å². The fourth-order valence-electron chi connectivity index (χ4n) is 2.92. The SMILES string of the molecule is COCC(=O)N(Cc1ccco1)Cc1cc(C(=O)NCCc2ccc(OC)cc2)no1. The first kappa shape index (κ1) is 22.1. The molecule has 2 heterocycles. The molecule has 2 amide bonds. The molecule has 9 nitrogen and oxygen atoms in total. The van der Waals surface area contributed by atoms with E-state index in [1.54, 1.807) is 19.2 Å². The van der Waals surface area contributed by atoms with Gasteiger partial charge in [-0.3, -0.25) is 9.59 Å². The molecule has 0 fully saturated rings. The van der Waals surface area contributed by atoms with E-state index < -0.39 is 0 Å². The van der Waals surface area contributed by atoms with E-state index >= 15 is 0 Å². The van der Waals surface area contributed by atoms with Gasteiger partial charge in [-0.2, -0.15) is 0 Å². The number of methoxy groups -OCH3 is 2. The van der Waals surface area contributed by atoms with Crippen LogP contribution in [0.5, 0.6) is 5.75 Å². The molecule has 1 aromatic carbocycles. The van der Waals surface area contributed by atoms with Gasteiger partial charge in [0.25, 0.3) is 5.91 Å². The van der Waals surface area contributed by atoms with Crippen LogP contribution in [0.15, 0.2) is 57.7 Å². The number of amides is 2. The highest BCUT2D eigenvalue weighted by Gasteiger charge is 2.19. The van der Waals surface area contributed by atoms with E-state index in [9.17, 15) is 9.59 Å². The number of aromatic nitrogens is 1. The first-order valence-corrected chi connectivity index (χ1v) is 9.75. The zero-order chi connectivity index (χ0) is 22.1. The summed E-state index contributed by atoms with van der Waals surface area (Å²) in [7, 11) is 3.07. The fourth-order valence-corrected chi connectivity index (χ4v) is 2.92. The molecular weight excluding hydrogens is 402 g/mol. The molecular formula is C22H25N3O6. The summed E-state index contributed by atoms with van der Waals surface area (Å²) in [6.07, 6.45) is 2.21. The van der Waals surface area contributed by atoms with Gasteiger partial charge in [0.1, 0.15) is 18.1 Å². The summed E-state index contributed by atoms with van der Waals surface area (Å²) in [5.74, 6) is 1.22. The van der Waals surface area contributed by atoms with Crippen molar-refractivity contribution in [3.05, 3.63) is 71.5 Å². The Bertz CT molecular complexity index is 966. The number of nitrogens with zero attached hydrogens (tertiary/aromatic N) is 2. The molecule has 0 radical (unpaired) electrons. The summed E-state index contributed by atoms with van der Waals surface area (Å²) in [5.41, 5.74) is 1.23. The van der Waals surface area contributed by atoms with Gasteiger partial charge in [-0.25, -0.2) is 0 Å². The van der Waals surface area contributed by atoms with Crippen molar-refractivity contribution in [3.8, 4) is 5.75 Å². The molecule has 0 aliphatic carbocycles. The van der Waals surface area contributed by atoms with Crippen LogP contribution in [0.2, 0.25) is 0 Å². The van der Waals surface area contributed by atoms with Crippen molar-refractivity contribution in [1.82, 2.24) is 15.4 Å². The number of furan rings is 1. The minimum absolute atomic E-state index is 0.0758. The van der Waals surface area contributed by atoms with Gasteiger partial charge in [0.05, 0.1) is 26.5 Å². The Morgan fingerprint density at radius 2 is 1.87 bits per heavy atom. The summed E-state index contributed by atoms with van der Waals surface area (Å²) in [4.78, 5) is 26.2. The number of carbonyl (C=O) groups excluding carboxylic acids is 2. The van der Waals surface area contributed by atoms with Crippen LogP contribution in [0, 0.1) is 0 Å². The van der Waals surface area contributed by atoms with Gasteiger partial charge >= 0.3 is 0 Å². The quantitative estimate of drug-likeness (QED) is 0.501. The summed E-state index contributed by atoms with van der Waals surface area (Å²) >= 11 is 0. The Balaban J connectivity index is 1.54. The second-order valence-electron chi connectivity index (χ2n) is 6.79. The molecule has 2 aromatic heterocycles. The van der Waals surface area contributed by atoms with Crippen molar-refractivity contribution in [2.75, 3.05) is 27.4 Å². The molecule has 3 aromatic rings. The summed E-state index contributed by atoms with van der Waals surface area (Å²) in [6, 6.07) is 12.7. The van der Waals surface area contributed by atoms with E-state index in [0.717, 1.165) is 11.3 Å². The van der Waals surface area contributed by atoms with Crippen LogP contribution in [0.3, 0.4) is 0 Å². The molecule has 0 unspecified atom stereocenters. The lowest BCUT2D eigenvalue weighted by molar-refractivity contribution is -0.137. The molecule has 164 valence electrons. The van der Waals surface area contributed by atoms with E-state index in [0.29, 0.717) is 24.5 Å². The van der Waals surface area contributed by atoms with Crippen LogP contribution in [0.1, 0.15) is 27.6 Å². The third kappa shape index (κ3) is 6.45. The standard InChI is InChI=1S/C22H25N3O6/c1-28-15-21(26)25(13-18-4-3-11-30-18)14-19-12-20(24-31-19)22(27)23-10-9-16-5-7-17(29-2)8-6-16/h3-8,11-12H,9-10,13-15H2,1-2H3,(H,23,27). The van der Waals surface area contributed by atoms with Crippen molar-refractivity contribution in [3.63, 3.8) is 0 Å². The molecule has 0 saturated heterocycles. The topological polar surface area (TPSA) is 107 Å². The monoisotopic (exact) mass is 427 g/mol. The van der Waals surface area contributed by atoms with Gasteiger partial charge in [0, 0.05) is 19.7 Å². The van der Waals surface area contributed by atoms with Crippen molar-refractivity contribution < 1.29 is 28.0 Å². The lowest BCUT2D eigenvalue weighted by Gasteiger charge is -2.19. The average Bonchev–Trinajstić information content (AvgIpc) is 3.46. The lowest BCUT2D eigenvalue weighted by Crippen LogP contribution is -2.32. The minimum Gasteiger partial charge on any atom is -0.497 e. The second-order valence-corrected chi connectivity index (χ2v) is 6.79. The van der Waals surface area contributed by atoms with Crippen LogP contribution < -0.4 is 10.1 Å². The van der Waals surface area contributed by atoms with Gasteiger partial charge in [0.15, 0.2) is 11.5 Å². The van der Waals surface area contributed by atoms with Gasteiger partial charge in [-0.1, -0.05) is 17.3 Å². The second kappa shape index (κ2) is 11.0. The van der Waals surface area contributed by atoms with Crippen LogP contribution in [-0.4, -0.2) is 49.2 Å². The number of ether oxygens (including phenoxy) is 2. The number of nitrogens with one attached hydrogen (secondary N) is 1. The molecule has 0 atom stereocenters. The first-order valence-electron chi connectivity index (χ1n) is 9.75. The fraction of sp³-hybridized carbons (Fsp3) is 0.318. The van der Waals surface area contributed by atoms with Crippen molar-refractivity contribution in [2.45, 2.75) is 19.5 Å². The molecule has 0 aliphatic heterocycles. The van der Waals surface area contributed by atoms with Crippen LogP contribution >= 0.6 is 0 Å². The molecule has 0 aliphatic rings. The van der Waals surface area contributed by atoms with E-state index in [1.807, 2.05) is 24.3 Å². The Kier molecular flexibility index (Phi) is 7.83. The normalized spacial score (nSPS) is 10.6. The van der Waals surface area contributed by atoms with E-state index in [2.05, 4.69) is 10.5 Å². The molecule has 3 rings (SSSR count). The van der Waals surface area contributed by atoms with Crippen molar-refractivity contribution in [2.24, 2.45) is 0 Å². The number of hydrogen-bond acceptors (Lipinski definition) is 7. The Morgan fingerprint density at radius 3 is 2.55 bits per heavy atom. The number of carbonyl (C=O) groups is 2. The Morgan fingerprint density at radius 1 is 1.10 bits per heavy atom. The molecule has 0 saturated carbocycles. The molecule has 0 spiro atoms. The highest BCUT2D eigenvalue weighted by molar-refractivity contribution is 5.92. The number of benzene rings is 1. The predicted octanol–water partition coefficient (Wildman–Crippen LogP) is 2.42. The highest BCUT2D eigenvalue weighted by atomic mass is 16.5. The van der Waals surface area contributed by atoms with Crippen molar-refractivity contribution in [1.29, 1.82) is 0 Å². The van der Waals surface area contributed by atoms with Gasteiger partial charge < -0.3 is 28.6 Å². The average molecular weight is 427 g/mol. The zero-order valence-electron chi connectivity index (χ0n) is 17.5. The zero-order valence-corrected chi connectivity index (χ0v) is 17.5. The minimum atomic E-state index is -0.343. The number of hydrogen-bond donors (Lipinski definition) is 1. The van der Waals surface area contributed by atoms with Crippen molar-refractivity contribution >= 4 is 11.8 Å². The third-order valence-corrected chi connectivity index (χ3v) is 4.54. The van der Waals surface area contributed by atoms with Crippen LogP contribution in [0.25, 0.3) is 0 Å². The lowest BCUT2D eigenvalue weighted by atomic mass is 10.1. The molecule has 0 bridgehead atoms. The van der Waals surface area contributed by atoms with Crippen LogP contribution in [0.4, 0.5) is 0 Å². The Labute approximate surface area is 179 Å². The number of rotatable bonds is 11. The summed E-state index contributed by atoms with van der Waals surface area (Å²) < 4.78 is 20.7. The van der Waals surface area contributed by atoms with Gasteiger partial charge in [-0.05, 0) is 36.2 Å². The van der Waals surface area contributed by atoms with E-state index in [1.165, 1.54) is 24.3 Å². The van der Waals surface area contributed by atoms with Gasteiger partial charge in [0.2, 0.25) is 5.91 Å². The maximum atomic E-state index is 12.4. The van der Waals surface area contributed by atoms with Crippen LogP contribution in [-0.2, 0) is 29.0 Å². The Hall–Kier alpha value is -3.59. The molecule has 31 heavy (non-hydrogen) atoms. The molecule has 1 N–H and O–H groups in total. The summed E-state index contributed by atoms with van der Waals surface area (Å²) in [6.45, 7) is 0.756. The summed E-state index contributed by atoms with van der Waals surface area (Å²) in [5, 5.41) is 6.64. The van der Waals surface area contributed by atoms with Gasteiger partial charge in [-0.15, -0.1) is 0 Å².